The first-order chi connectivity index (χ1) is 11.3. The van der Waals surface area contributed by atoms with Gasteiger partial charge < -0.3 is 14.6 Å². The molecule has 3 rings (SSSR count). The van der Waals surface area contributed by atoms with Gasteiger partial charge in [-0.2, -0.15) is 13.2 Å². The van der Waals surface area contributed by atoms with E-state index in [2.05, 4.69) is 10.3 Å². The monoisotopic (exact) mass is 469 g/mol. The number of carbonyl (C=O) groups is 1. The summed E-state index contributed by atoms with van der Waals surface area (Å²) in [6, 6.07) is 4.60. The number of fused-ring (bicyclic) bond motifs is 1. The lowest BCUT2D eigenvalue weighted by atomic mass is 9.86. The minimum Gasteiger partial charge on any atom is -0.449 e. The van der Waals surface area contributed by atoms with Crippen molar-refractivity contribution in [1.29, 1.82) is 0 Å². The second-order valence-corrected chi connectivity index (χ2v) is 5.97. The summed E-state index contributed by atoms with van der Waals surface area (Å²) in [6.07, 6.45) is -3.34. The summed E-state index contributed by atoms with van der Waals surface area (Å²) in [5.74, 6) is -1.03. The Bertz CT molecular complexity index is 707. The van der Waals surface area contributed by atoms with Gasteiger partial charge in [0.15, 0.2) is 11.3 Å². The molecule has 1 aliphatic heterocycles. The molecule has 2 aromatic heterocycles. The van der Waals surface area contributed by atoms with E-state index in [9.17, 15) is 18.0 Å². The molecule has 0 bridgehead atoms. The van der Waals surface area contributed by atoms with Crippen LogP contribution < -0.4 is 5.32 Å². The van der Waals surface area contributed by atoms with E-state index in [0.717, 1.165) is 0 Å². The van der Waals surface area contributed by atoms with Crippen molar-refractivity contribution in [2.24, 2.45) is 0 Å². The van der Waals surface area contributed by atoms with E-state index in [4.69, 9.17) is 4.42 Å². The first kappa shape index (κ1) is 20.0. The molecule has 2 aromatic rings. The van der Waals surface area contributed by atoms with E-state index in [1.807, 2.05) is 11.8 Å². The molecule has 5 nitrogen and oxygen atoms in total. The van der Waals surface area contributed by atoms with Crippen LogP contribution in [0, 0.1) is 0 Å². The predicted octanol–water partition coefficient (Wildman–Crippen LogP) is 3.59. The summed E-state index contributed by atoms with van der Waals surface area (Å²) in [5, 5.41) is 2.18. The third kappa shape index (κ3) is 3.91. The van der Waals surface area contributed by atoms with Gasteiger partial charge in [-0.15, -0.1) is 24.0 Å². The Morgan fingerprint density at radius 2 is 2.08 bits per heavy atom. The smallest absolute Gasteiger partial charge is 0.411 e. The zero-order valence-electron chi connectivity index (χ0n) is 13.6. The third-order valence-electron chi connectivity index (χ3n) is 4.56. The van der Waals surface area contributed by atoms with E-state index in [1.165, 1.54) is 12.3 Å². The van der Waals surface area contributed by atoms with Crippen LogP contribution in [0.3, 0.4) is 0 Å². The Labute approximate surface area is 160 Å². The summed E-state index contributed by atoms with van der Waals surface area (Å²) >= 11 is 0. The molecular formula is C16H19F3IN3O2. The lowest BCUT2D eigenvalue weighted by molar-refractivity contribution is -0.205. The number of halogens is 4. The van der Waals surface area contributed by atoms with Crippen LogP contribution in [0.2, 0.25) is 0 Å². The minimum atomic E-state index is -4.52. The number of aromatic nitrogens is 1. The largest absolute Gasteiger partial charge is 0.449 e. The molecule has 3 heterocycles. The lowest BCUT2D eigenvalue weighted by Gasteiger charge is -2.42. The number of nitrogens with zero attached hydrogens (tertiary/aromatic N) is 2. The van der Waals surface area contributed by atoms with Crippen LogP contribution in [0.15, 0.2) is 28.8 Å². The van der Waals surface area contributed by atoms with Crippen molar-refractivity contribution in [3.63, 3.8) is 0 Å². The van der Waals surface area contributed by atoms with Crippen LogP contribution >= 0.6 is 24.0 Å². The summed E-state index contributed by atoms with van der Waals surface area (Å²) in [6.45, 7) is 3.17. The molecule has 0 unspecified atom stereocenters. The first-order valence-electron chi connectivity index (χ1n) is 7.81. The molecule has 0 aliphatic carbocycles. The number of carbonyl (C=O) groups excluding carboxylic acids is 1. The van der Waals surface area contributed by atoms with Crippen molar-refractivity contribution in [1.82, 2.24) is 15.2 Å². The molecule has 9 heteroatoms. The number of rotatable bonds is 3. The highest BCUT2D eigenvalue weighted by atomic mass is 127. The fraction of sp³-hybridized carbons (Fsp3) is 0.500. The van der Waals surface area contributed by atoms with Gasteiger partial charge >= 0.3 is 6.18 Å². The second-order valence-electron chi connectivity index (χ2n) is 5.97. The highest BCUT2D eigenvalue weighted by Crippen LogP contribution is 2.39. The van der Waals surface area contributed by atoms with E-state index in [1.54, 1.807) is 12.1 Å². The van der Waals surface area contributed by atoms with Gasteiger partial charge in [0.05, 0.1) is 0 Å². The molecule has 1 fully saturated rings. The molecule has 0 atom stereocenters. The van der Waals surface area contributed by atoms with Gasteiger partial charge in [0.2, 0.25) is 0 Å². The Morgan fingerprint density at radius 3 is 2.64 bits per heavy atom. The topological polar surface area (TPSA) is 58.4 Å². The fourth-order valence-electron chi connectivity index (χ4n) is 2.99. The number of hydrogen-bond donors (Lipinski definition) is 1. The number of piperidine rings is 1. The zero-order valence-corrected chi connectivity index (χ0v) is 15.9. The molecule has 1 aliphatic rings. The van der Waals surface area contributed by atoms with Crippen molar-refractivity contribution in [2.45, 2.75) is 31.5 Å². The van der Waals surface area contributed by atoms with E-state index in [-0.39, 0.29) is 55.7 Å². The van der Waals surface area contributed by atoms with Crippen LogP contribution in [0.25, 0.3) is 11.1 Å². The Kier molecular flexibility index (Phi) is 5.97. The minimum absolute atomic E-state index is 0. The van der Waals surface area contributed by atoms with Gasteiger partial charge in [-0.05, 0) is 31.5 Å². The van der Waals surface area contributed by atoms with Gasteiger partial charge in [-0.1, -0.05) is 6.92 Å². The zero-order chi connectivity index (χ0) is 17.4. The van der Waals surface area contributed by atoms with Crippen molar-refractivity contribution in [3.8, 4) is 0 Å². The molecule has 1 saturated heterocycles. The summed E-state index contributed by atoms with van der Waals surface area (Å²) in [7, 11) is 0. The molecule has 0 radical (unpaired) electrons. The summed E-state index contributed by atoms with van der Waals surface area (Å²) < 4.78 is 46.2. The Balaban J connectivity index is 0.00000225. The van der Waals surface area contributed by atoms with Crippen molar-refractivity contribution in [3.05, 3.63) is 30.2 Å². The molecule has 1 amide bonds. The van der Waals surface area contributed by atoms with Crippen LogP contribution in [-0.4, -0.2) is 47.1 Å². The van der Waals surface area contributed by atoms with Gasteiger partial charge in [0, 0.05) is 25.4 Å². The maximum absolute atomic E-state index is 13.6. The molecule has 0 aromatic carbocycles. The maximum atomic E-state index is 13.6. The number of likely N-dealkylation sites (tertiary alicyclic amines) is 1. The molecular weight excluding hydrogens is 450 g/mol. The van der Waals surface area contributed by atoms with Crippen molar-refractivity contribution >= 4 is 41.0 Å². The van der Waals surface area contributed by atoms with E-state index in [0.29, 0.717) is 17.6 Å². The Hall–Kier alpha value is -1.36. The fourth-order valence-corrected chi connectivity index (χ4v) is 2.99. The Morgan fingerprint density at radius 1 is 1.40 bits per heavy atom. The van der Waals surface area contributed by atoms with Gasteiger partial charge in [-0.25, -0.2) is 0 Å². The average Bonchev–Trinajstić information content (AvgIpc) is 2.98. The van der Waals surface area contributed by atoms with Crippen LogP contribution in [0.1, 0.15) is 30.3 Å². The average molecular weight is 469 g/mol. The second kappa shape index (κ2) is 7.48. The van der Waals surface area contributed by atoms with Crippen LogP contribution in [0.5, 0.6) is 0 Å². The molecule has 0 spiro atoms. The SMILES string of the molecule is CCN1CCC(NC(=O)c2cc3ncccc3o2)(C(F)(F)F)CC1.I. The molecule has 1 N–H and O–H groups in total. The normalized spacial score (nSPS) is 17.9. The lowest BCUT2D eigenvalue weighted by Crippen LogP contribution is -2.63. The number of pyridine rings is 1. The van der Waals surface area contributed by atoms with E-state index < -0.39 is 17.6 Å². The van der Waals surface area contributed by atoms with Crippen LogP contribution in [0.4, 0.5) is 13.2 Å². The molecule has 0 saturated carbocycles. The molecule has 25 heavy (non-hydrogen) atoms. The number of alkyl halides is 3. The highest BCUT2D eigenvalue weighted by Gasteiger charge is 2.56. The predicted molar refractivity (Wildman–Crippen MR) is 97.0 cm³/mol. The number of amides is 1. The van der Waals surface area contributed by atoms with Crippen LogP contribution in [-0.2, 0) is 0 Å². The van der Waals surface area contributed by atoms with Crippen molar-refractivity contribution < 1.29 is 22.4 Å². The maximum Gasteiger partial charge on any atom is 0.411 e. The van der Waals surface area contributed by atoms with Gasteiger partial charge in [0.1, 0.15) is 11.1 Å². The summed E-state index contributed by atoms with van der Waals surface area (Å²) in [4.78, 5) is 18.3. The van der Waals surface area contributed by atoms with Gasteiger partial charge in [0.25, 0.3) is 5.91 Å². The first-order valence-corrected chi connectivity index (χ1v) is 7.81. The number of furan rings is 1. The standard InChI is InChI=1S/C16H18F3N3O2.HI/c1-2-22-8-5-15(6-9-22,16(17,18)19)21-14(23)13-10-11-12(24-13)4-3-7-20-11;/h3-4,7,10H,2,5-6,8-9H2,1H3,(H,21,23);1H. The highest BCUT2D eigenvalue weighted by molar-refractivity contribution is 14.0. The van der Waals surface area contributed by atoms with E-state index >= 15 is 0 Å². The summed E-state index contributed by atoms with van der Waals surface area (Å²) in [5.41, 5.74) is -1.42. The third-order valence-corrected chi connectivity index (χ3v) is 4.56. The quantitative estimate of drug-likeness (QED) is 0.699. The van der Waals surface area contributed by atoms with Gasteiger partial charge in [-0.3, -0.25) is 9.78 Å². The number of hydrogen-bond acceptors (Lipinski definition) is 4. The van der Waals surface area contributed by atoms with Crippen molar-refractivity contribution in [2.75, 3.05) is 19.6 Å². The molecule has 138 valence electrons. The number of nitrogens with one attached hydrogen (secondary N) is 1.